The minimum Gasteiger partial charge on any atom is -0.477 e. The summed E-state index contributed by atoms with van der Waals surface area (Å²) in [5.41, 5.74) is 5.35. The molecule has 3 heterocycles. The Balaban J connectivity index is 1.77. The number of carboxylic acid groups (broad SMARTS) is 1. The van der Waals surface area contributed by atoms with Gasteiger partial charge in [-0.25, -0.2) is 14.2 Å². The van der Waals surface area contributed by atoms with Crippen molar-refractivity contribution < 1.29 is 38.2 Å². The van der Waals surface area contributed by atoms with E-state index in [0.717, 1.165) is 16.2 Å². The number of alkyl halides is 1. The fourth-order valence-corrected chi connectivity index (χ4v) is 4.81. The quantitative estimate of drug-likeness (QED) is 0.138. The lowest BCUT2D eigenvalue weighted by molar-refractivity contribution is -0.150. The summed E-state index contributed by atoms with van der Waals surface area (Å²) in [6.07, 6.45) is 0. The predicted octanol–water partition coefficient (Wildman–Crippen LogP) is -0.283. The topological polar surface area (TPSA) is 174 Å². The van der Waals surface area contributed by atoms with Crippen LogP contribution < -0.4 is 11.1 Å². The zero-order chi connectivity index (χ0) is 23.4. The number of amides is 2. The first-order valence-corrected chi connectivity index (χ1v) is 11.0. The fraction of sp³-hybridized carbons (Fsp3) is 0.412. The van der Waals surface area contributed by atoms with Crippen LogP contribution in [-0.2, 0) is 28.8 Å². The zero-order valence-corrected chi connectivity index (χ0v) is 18.2. The van der Waals surface area contributed by atoms with Crippen molar-refractivity contribution in [2.75, 3.05) is 31.4 Å². The first-order chi connectivity index (χ1) is 15.2. The van der Waals surface area contributed by atoms with Gasteiger partial charge in [0, 0.05) is 23.6 Å². The number of thiazole rings is 1. The van der Waals surface area contributed by atoms with E-state index in [4.69, 9.17) is 15.3 Å². The maximum Gasteiger partial charge on any atom is 0.352 e. The lowest BCUT2D eigenvalue weighted by Crippen LogP contribution is -2.71. The van der Waals surface area contributed by atoms with Crippen molar-refractivity contribution in [3.05, 3.63) is 22.3 Å². The molecule has 0 unspecified atom stereocenters. The van der Waals surface area contributed by atoms with E-state index in [9.17, 15) is 28.7 Å². The minimum atomic E-state index is -1.35. The highest BCUT2D eigenvalue weighted by Gasteiger charge is 2.54. The molecule has 3 rings (SSSR count). The summed E-state index contributed by atoms with van der Waals surface area (Å²) in [6, 6.07) is -1.04. The summed E-state index contributed by atoms with van der Waals surface area (Å²) in [7, 11) is 0. The number of nitrogens with one attached hydrogen (secondary N) is 1. The fourth-order valence-electron chi connectivity index (χ4n) is 2.94. The Kier molecular flexibility index (Phi) is 7.29. The van der Waals surface area contributed by atoms with Crippen LogP contribution in [0.1, 0.15) is 12.6 Å². The van der Waals surface area contributed by atoms with Crippen molar-refractivity contribution in [3.8, 4) is 0 Å². The minimum absolute atomic E-state index is 0.0820. The van der Waals surface area contributed by atoms with Gasteiger partial charge in [-0.15, -0.1) is 23.1 Å². The number of halogens is 1. The molecular formula is C17H18FN5O7S2. The summed E-state index contributed by atoms with van der Waals surface area (Å²) in [6.45, 7) is -0.284. The number of fused-ring (bicyclic) bond motifs is 1. The molecular weight excluding hydrogens is 469 g/mol. The first kappa shape index (κ1) is 23.5. The standard InChI is InChI=1S/C17H18FN5O7S2/c1-7(24)29-4-8-5-31-15-11(14(26)23(15)12(8)16(27)28)21-13(25)10(22-30-3-2-18)9-6-32-17(19)20-9/h6,11,15H,2-5H2,1H3,(H2,19,20)(H,21,25)(H,27,28)/t11-,15+/m1/s1. The maximum absolute atomic E-state index is 12.8. The molecule has 2 atom stereocenters. The Morgan fingerprint density at radius 3 is 2.81 bits per heavy atom. The number of ether oxygens (including phenoxy) is 1. The molecule has 32 heavy (non-hydrogen) atoms. The Bertz CT molecular complexity index is 1010. The Labute approximate surface area is 188 Å². The number of nitrogens with two attached hydrogens (primary N) is 1. The number of carboxylic acids is 1. The molecule has 0 radical (unpaired) electrons. The van der Waals surface area contributed by atoms with Crippen molar-refractivity contribution in [2.45, 2.75) is 18.3 Å². The predicted molar refractivity (Wildman–Crippen MR) is 111 cm³/mol. The number of carbonyl (C=O) groups is 4. The van der Waals surface area contributed by atoms with Gasteiger partial charge >= 0.3 is 11.9 Å². The van der Waals surface area contributed by atoms with Gasteiger partial charge in [0.15, 0.2) is 10.8 Å². The van der Waals surface area contributed by atoms with Gasteiger partial charge in [-0.05, 0) is 0 Å². The first-order valence-electron chi connectivity index (χ1n) is 9.06. The van der Waals surface area contributed by atoms with Crippen LogP contribution in [0.15, 0.2) is 21.8 Å². The van der Waals surface area contributed by atoms with Gasteiger partial charge in [-0.2, -0.15) is 0 Å². The summed E-state index contributed by atoms with van der Waals surface area (Å²) < 4.78 is 17.2. The third kappa shape index (κ3) is 4.83. The molecule has 2 amide bonds. The van der Waals surface area contributed by atoms with Crippen LogP contribution in [0.2, 0.25) is 0 Å². The molecule has 1 saturated heterocycles. The molecule has 0 aliphatic carbocycles. The second-order valence-electron chi connectivity index (χ2n) is 6.43. The molecule has 2 aliphatic rings. The number of oxime groups is 1. The number of nitrogens with zero attached hydrogens (tertiary/aromatic N) is 3. The summed E-state index contributed by atoms with van der Waals surface area (Å²) >= 11 is 2.25. The average molecular weight is 487 g/mol. The monoisotopic (exact) mass is 487 g/mol. The molecule has 1 aromatic heterocycles. The van der Waals surface area contributed by atoms with E-state index in [2.05, 4.69) is 15.5 Å². The van der Waals surface area contributed by atoms with Gasteiger partial charge in [-0.3, -0.25) is 19.3 Å². The number of hydrogen-bond acceptors (Lipinski definition) is 11. The molecule has 12 nitrogen and oxygen atoms in total. The van der Waals surface area contributed by atoms with Crippen LogP contribution in [0.4, 0.5) is 9.52 Å². The van der Waals surface area contributed by atoms with Crippen LogP contribution >= 0.6 is 23.1 Å². The lowest BCUT2D eigenvalue weighted by Gasteiger charge is -2.49. The highest BCUT2D eigenvalue weighted by molar-refractivity contribution is 8.00. The highest BCUT2D eigenvalue weighted by atomic mass is 32.2. The summed E-state index contributed by atoms with van der Waals surface area (Å²) in [5, 5.41) is 16.6. The molecule has 1 fully saturated rings. The van der Waals surface area contributed by atoms with Gasteiger partial charge in [0.25, 0.3) is 11.8 Å². The molecule has 2 aliphatic heterocycles. The number of thioether (sulfide) groups is 1. The number of carbonyl (C=O) groups excluding carboxylic acids is 3. The summed E-state index contributed by atoms with van der Waals surface area (Å²) in [4.78, 5) is 58.0. The Morgan fingerprint density at radius 2 is 2.22 bits per heavy atom. The van der Waals surface area contributed by atoms with Crippen molar-refractivity contribution in [1.29, 1.82) is 0 Å². The third-order valence-electron chi connectivity index (χ3n) is 4.29. The van der Waals surface area contributed by atoms with Crippen LogP contribution in [0, 0.1) is 0 Å². The Morgan fingerprint density at radius 1 is 1.47 bits per heavy atom. The largest absolute Gasteiger partial charge is 0.477 e. The third-order valence-corrected chi connectivity index (χ3v) is 6.30. The number of nitrogen functional groups attached to an aromatic ring is 1. The molecule has 4 N–H and O–H groups in total. The van der Waals surface area contributed by atoms with E-state index < -0.39 is 41.8 Å². The molecule has 15 heteroatoms. The smallest absolute Gasteiger partial charge is 0.352 e. The molecule has 0 bridgehead atoms. The summed E-state index contributed by atoms with van der Waals surface area (Å²) in [5.74, 6) is -3.23. The molecule has 0 saturated carbocycles. The lowest BCUT2D eigenvalue weighted by atomic mass is 10.0. The number of aromatic nitrogens is 1. The van der Waals surface area contributed by atoms with Gasteiger partial charge < -0.3 is 25.7 Å². The normalized spacial score (nSPS) is 20.4. The van der Waals surface area contributed by atoms with Crippen LogP contribution in [0.25, 0.3) is 0 Å². The number of esters is 1. The molecule has 0 spiro atoms. The van der Waals surface area contributed by atoms with Gasteiger partial charge in [0.1, 0.15) is 42.7 Å². The molecule has 0 aromatic carbocycles. The van der Waals surface area contributed by atoms with E-state index in [1.165, 1.54) is 24.1 Å². The van der Waals surface area contributed by atoms with E-state index in [1.54, 1.807) is 0 Å². The number of rotatable bonds is 9. The number of anilines is 1. The molecule has 172 valence electrons. The van der Waals surface area contributed by atoms with E-state index in [-0.39, 0.29) is 46.8 Å². The Hall–Kier alpha value is -3.20. The van der Waals surface area contributed by atoms with Gasteiger partial charge in [0.2, 0.25) is 0 Å². The highest BCUT2D eigenvalue weighted by Crippen LogP contribution is 2.40. The maximum atomic E-state index is 12.8. The van der Waals surface area contributed by atoms with Gasteiger partial charge in [0.05, 0.1) is 0 Å². The van der Waals surface area contributed by atoms with Gasteiger partial charge in [-0.1, -0.05) is 5.16 Å². The van der Waals surface area contributed by atoms with Crippen LogP contribution in [-0.4, -0.2) is 81.5 Å². The van der Waals surface area contributed by atoms with Crippen molar-refractivity contribution in [3.63, 3.8) is 0 Å². The number of β-lactam (4-membered cyclic amide) rings is 1. The van der Waals surface area contributed by atoms with Crippen molar-refractivity contribution >= 4 is 57.7 Å². The van der Waals surface area contributed by atoms with Crippen LogP contribution in [0.5, 0.6) is 0 Å². The average Bonchev–Trinajstić information content (AvgIpc) is 3.18. The SMILES string of the molecule is CC(=O)OCC1=C(C(=O)O)N2C(=O)[C@@H](NC(=O)C(=NOCCF)c3csc(N)n3)[C@@H]2SC1. The second kappa shape index (κ2) is 9.95. The molecule has 1 aromatic rings. The van der Waals surface area contributed by atoms with Crippen molar-refractivity contribution in [1.82, 2.24) is 15.2 Å². The van der Waals surface area contributed by atoms with E-state index in [1.807, 2.05) is 0 Å². The zero-order valence-electron chi connectivity index (χ0n) is 16.6. The second-order valence-corrected chi connectivity index (χ2v) is 8.43. The van der Waals surface area contributed by atoms with E-state index in [0.29, 0.717) is 0 Å². The number of aliphatic carboxylic acids is 1. The number of hydrogen-bond donors (Lipinski definition) is 3. The van der Waals surface area contributed by atoms with Crippen LogP contribution in [0.3, 0.4) is 0 Å². The van der Waals surface area contributed by atoms with Crippen molar-refractivity contribution in [2.24, 2.45) is 5.16 Å². The van der Waals surface area contributed by atoms with E-state index >= 15 is 0 Å².